The van der Waals surface area contributed by atoms with Gasteiger partial charge in [0, 0.05) is 11.6 Å². The Morgan fingerprint density at radius 3 is 2.64 bits per heavy atom. The number of hydrogen-bond acceptors (Lipinski definition) is 4. The highest BCUT2D eigenvalue weighted by molar-refractivity contribution is 5.58. The lowest BCUT2D eigenvalue weighted by Gasteiger charge is -2.23. The molecule has 1 atom stereocenters. The van der Waals surface area contributed by atoms with Gasteiger partial charge in [-0.15, -0.1) is 0 Å². The summed E-state index contributed by atoms with van der Waals surface area (Å²) in [6.45, 7) is 0. The van der Waals surface area contributed by atoms with Crippen LogP contribution < -0.4 is 5.73 Å². The molecule has 0 spiro atoms. The summed E-state index contributed by atoms with van der Waals surface area (Å²) in [5.74, 6) is -0.980. The average Bonchev–Trinajstić information content (AvgIpc) is 2.17. The second kappa shape index (κ2) is 3.06. The number of rotatable bonds is 0. The van der Waals surface area contributed by atoms with Gasteiger partial charge in [0.05, 0.1) is 0 Å². The van der Waals surface area contributed by atoms with Crippen LogP contribution >= 0.6 is 0 Å². The molecule has 0 saturated heterocycles. The Labute approximate surface area is 81.6 Å². The van der Waals surface area contributed by atoms with Gasteiger partial charge in [-0.3, -0.25) is 0 Å². The van der Waals surface area contributed by atoms with E-state index in [1.54, 1.807) is 0 Å². The summed E-state index contributed by atoms with van der Waals surface area (Å²) in [7, 11) is 0. The molecule has 0 heterocycles. The quantitative estimate of drug-likeness (QED) is 0.467. The fourth-order valence-corrected chi connectivity index (χ4v) is 1.95. The Balaban J connectivity index is 2.63. The summed E-state index contributed by atoms with van der Waals surface area (Å²) in [6, 6.07) is 1.28. The van der Waals surface area contributed by atoms with E-state index in [4.69, 9.17) is 5.73 Å². The number of benzene rings is 1. The smallest absolute Gasteiger partial charge is 0.200 e. The van der Waals surface area contributed by atoms with Gasteiger partial charge in [0.15, 0.2) is 11.5 Å². The van der Waals surface area contributed by atoms with E-state index in [1.165, 1.54) is 6.07 Å². The standard InChI is InChI=1S/C10H13NO3/c11-7-3-1-2-5-6(7)4-8(12)10(14)9(5)13/h4,7,12-14H,1-3,11H2/t7-/m1/s1. The van der Waals surface area contributed by atoms with Gasteiger partial charge in [0.2, 0.25) is 5.75 Å². The molecule has 0 amide bonds. The fraction of sp³-hybridized carbons (Fsp3) is 0.400. The summed E-state index contributed by atoms with van der Waals surface area (Å²) >= 11 is 0. The second-order valence-electron chi connectivity index (χ2n) is 3.66. The maximum absolute atomic E-state index is 9.58. The van der Waals surface area contributed by atoms with Gasteiger partial charge in [-0.2, -0.15) is 0 Å². The summed E-state index contributed by atoms with van der Waals surface area (Å²) in [4.78, 5) is 0. The Hall–Kier alpha value is -1.42. The Morgan fingerprint density at radius 1 is 1.21 bits per heavy atom. The number of phenols is 3. The maximum Gasteiger partial charge on any atom is 0.200 e. The first-order valence-electron chi connectivity index (χ1n) is 4.63. The molecule has 0 radical (unpaired) electrons. The number of phenolic OH excluding ortho intramolecular Hbond substituents is 3. The second-order valence-corrected chi connectivity index (χ2v) is 3.66. The Bertz CT molecular complexity index is 376. The predicted octanol–water partition coefficient (Wildman–Crippen LogP) is 1.14. The lowest BCUT2D eigenvalue weighted by atomic mass is 9.87. The van der Waals surface area contributed by atoms with E-state index in [-0.39, 0.29) is 17.5 Å². The normalized spacial score (nSPS) is 20.5. The largest absolute Gasteiger partial charge is 0.504 e. The zero-order valence-electron chi connectivity index (χ0n) is 7.70. The fourth-order valence-electron chi connectivity index (χ4n) is 1.95. The van der Waals surface area contributed by atoms with Crippen LogP contribution in [0, 0.1) is 0 Å². The topological polar surface area (TPSA) is 86.7 Å². The molecule has 0 bridgehead atoms. The van der Waals surface area contributed by atoms with E-state index in [0.29, 0.717) is 12.0 Å². The van der Waals surface area contributed by atoms with Crippen molar-refractivity contribution in [2.45, 2.75) is 25.3 Å². The van der Waals surface area contributed by atoms with Crippen LogP contribution in [-0.2, 0) is 6.42 Å². The summed E-state index contributed by atoms with van der Waals surface area (Å²) in [5, 5.41) is 28.2. The molecule has 0 aromatic heterocycles. The molecule has 14 heavy (non-hydrogen) atoms. The van der Waals surface area contributed by atoms with E-state index in [0.717, 1.165) is 18.4 Å². The lowest BCUT2D eigenvalue weighted by Crippen LogP contribution is -2.17. The van der Waals surface area contributed by atoms with Gasteiger partial charge < -0.3 is 21.1 Å². The third-order valence-corrected chi connectivity index (χ3v) is 2.73. The van der Waals surface area contributed by atoms with Crippen molar-refractivity contribution in [2.75, 3.05) is 0 Å². The molecule has 1 aromatic rings. The van der Waals surface area contributed by atoms with E-state index >= 15 is 0 Å². The highest BCUT2D eigenvalue weighted by Crippen LogP contribution is 2.44. The van der Waals surface area contributed by atoms with Crippen molar-refractivity contribution in [3.63, 3.8) is 0 Å². The molecule has 4 heteroatoms. The molecule has 1 aliphatic carbocycles. The molecule has 0 unspecified atom stereocenters. The molecule has 1 aromatic carbocycles. The van der Waals surface area contributed by atoms with Gasteiger partial charge in [-0.05, 0) is 30.9 Å². The van der Waals surface area contributed by atoms with Crippen molar-refractivity contribution in [2.24, 2.45) is 5.73 Å². The minimum absolute atomic E-state index is 0.156. The van der Waals surface area contributed by atoms with Crippen molar-refractivity contribution in [1.82, 2.24) is 0 Å². The van der Waals surface area contributed by atoms with Crippen molar-refractivity contribution < 1.29 is 15.3 Å². The Kier molecular flexibility index (Phi) is 2.00. The molecule has 2 rings (SSSR count). The predicted molar refractivity (Wildman–Crippen MR) is 51.3 cm³/mol. The summed E-state index contributed by atoms with van der Waals surface area (Å²) in [6.07, 6.45) is 2.44. The van der Waals surface area contributed by atoms with Crippen LogP contribution in [0.3, 0.4) is 0 Å². The highest BCUT2D eigenvalue weighted by atomic mass is 16.3. The van der Waals surface area contributed by atoms with Gasteiger partial charge >= 0.3 is 0 Å². The van der Waals surface area contributed by atoms with Gasteiger partial charge in [0.25, 0.3) is 0 Å². The zero-order valence-corrected chi connectivity index (χ0v) is 7.70. The molecule has 76 valence electrons. The Morgan fingerprint density at radius 2 is 1.93 bits per heavy atom. The first-order chi connectivity index (χ1) is 6.61. The molecule has 0 aliphatic heterocycles. The average molecular weight is 195 g/mol. The van der Waals surface area contributed by atoms with Crippen molar-refractivity contribution >= 4 is 0 Å². The van der Waals surface area contributed by atoms with Crippen LogP contribution in [-0.4, -0.2) is 15.3 Å². The third kappa shape index (κ3) is 1.19. The summed E-state index contributed by atoms with van der Waals surface area (Å²) < 4.78 is 0. The number of aromatic hydroxyl groups is 3. The van der Waals surface area contributed by atoms with E-state index in [2.05, 4.69) is 0 Å². The highest BCUT2D eigenvalue weighted by Gasteiger charge is 2.23. The van der Waals surface area contributed by atoms with Crippen molar-refractivity contribution in [1.29, 1.82) is 0 Å². The maximum atomic E-state index is 9.58. The van der Waals surface area contributed by atoms with E-state index < -0.39 is 5.75 Å². The van der Waals surface area contributed by atoms with Crippen molar-refractivity contribution in [3.05, 3.63) is 17.2 Å². The first kappa shape index (κ1) is 9.15. The minimum atomic E-state index is -0.446. The van der Waals surface area contributed by atoms with Gasteiger partial charge in [-0.25, -0.2) is 0 Å². The van der Waals surface area contributed by atoms with Crippen LogP contribution in [0.5, 0.6) is 17.2 Å². The van der Waals surface area contributed by atoms with Crippen LogP contribution in [0.25, 0.3) is 0 Å². The number of hydrogen-bond donors (Lipinski definition) is 4. The van der Waals surface area contributed by atoms with Gasteiger partial charge in [0.1, 0.15) is 0 Å². The molecule has 5 N–H and O–H groups in total. The molecule has 4 nitrogen and oxygen atoms in total. The van der Waals surface area contributed by atoms with Crippen LogP contribution in [0.1, 0.15) is 30.0 Å². The minimum Gasteiger partial charge on any atom is -0.504 e. The number of fused-ring (bicyclic) bond motifs is 1. The zero-order chi connectivity index (χ0) is 10.3. The van der Waals surface area contributed by atoms with E-state index in [1.807, 2.05) is 0 Å². The molecule has 0 fully saturated rings. The lowest BCUT2D eigenvalue weighted by molar-refractivity contribution is 0.360. The van der Waals surface area contributed by atoms with E-state index in [9.17, 15) is 15.3 Å². The monoisotopic (exact) mass is 195 g/mol. The molecular formula is C10H13NO3. The number of nitrogens with two attached hydrogens (primary N) is 1. The molecular weight excluding hydrogens is 182 g/mol. The van der Waals surface area contributed by atoms with Crippen LogP contribution in [0.15, 0.2) is 6.07 Å². The van der Waals surface area contributed by atoms with Gasteiger partial charge in [-0.1, -0.05) is 0 Å². The third-order valence-electron chi connectivity index (χ3n) is 2.73. The SMILES string of the molecule is N[C@@H]1CCCc2c1cc(O)c(O)c2O. The summed E-state index contributed by atoms with van der Waals surface area (Å²) in [5.41, 5.74) is 7.24. The van der Waals surface area contributed by atoms with Crippen molar-refractivity contribution in [3.8, 4) is 17.2 Å². The molecule has 0 saturated carbocycles. The molecule has 1 aliphatic rings. The van der Waals surface area contributed by atoms with Crippen LogP contribution in [0.2, 0.25) is 0 Å². The van der Waals surface area contributed by atoms with Crippen LogP contribution in [0.4, 0.5) is 0 Å². The first-order valence-corrected chi connectivity index (χ1v) is 4.63.